The van der Waals surface area contributed by atoms with Crippen LogP contribution in [0.4, 0.5) is 18.9 Å². The molecule has 0 aliphatic carbocycles. The maximum absolute atomic E-state index is 12.9. The lowest BCUT2D eigenvalue weighted by atomic mass is 10.0. The monoisotopic (exact) mass is 387 g/mol. The van der Waals surface area contributed by atoms with Gasteiger partial charge in [-0.25, -0.2) is 0 Å². The highest BCUT2D eigenvalue weighted by atomic mass is 19.4. The highest BCUT2D eigenvalue weighted by Crippen LogP contribution is 2.34. The lowest BCUT2D eigenvalue weighted by Crippen LogP contribution is -2.23. The molecule has 3 aromatic rings. The number of para-hydroxylation sites is 1. The van der Waals surface area contributed by atoms with Crippen LogP contribution in [-0.4, -0.2) is 18.5 Å². The van der Waals surface area contributed by atoms with Gasteiger partial charge < -0.3 is 10.1 Å². The molecule has 0 atom stereocenters. The van der Waals surface area contributed by atoms with Crippen molar-refractivity contribution in [3.8, 4) is 0 Å². The third-order valence-corrected chi connectivity index (χ3v) is 4.09. The van der Waals surface area contributed by atoms with E-state index < -0.39 is 30.2 Å². The predicted octanol–water partition coefficient (Wildman–Crippen LogP) is 4.58. The fourth-order valence-electron chi connectivity index (χ4n) is 2.82. The second-order valence-corrected chi connectivity index (χ2v) is 6.07. The lowest BCUT2D eigenvalue weighted by Gasteiger charge is -2.13. The van der Waals surface area contributed by atoms with Gasteiger partial charge in [0.1, 0.15) is 0 Å². The average Bonchev–Trinajstić information content (AvgIpc) is 2.66. The number of halogens is 3. The second kappa shape index (κ2) is 8.12. The molecular formula is C21H16F3NO3. The Morgan fingerprint density at radius 2 is 1.57 bits per heavy atom. The molecule has 0 aliphatic rings. The van der Waals surface area contributed by atoms with E-state index in [0.717, 1.165) is 28.5 Å². The molecule has 0 unspecified atom stereocenters. The van der Waals surface area contributed by atoms with Gasteiger partial charge in [0.15, 0.2) is 6.61 Å². The molecule has 0 bridgehead atoms. The molecule has 0 radical (unpaired) electrons. The number of carbonyl (C=O) groups is 2. The standard InChI is InChI=1S/C21H16F3NO3/c22-21(23,24)17-10-3-4-11-18(17)25-19(26)13-28-20(27)12-15-8-5-7-14-6-1-2-9-16(14)15/h1-11H,12-13H2,(H,25,26). The van der Waals surface area contributed by atoms with Crippen molar-refractivity contribution in [3.63, 3.8) is 0 Å². The number of hydrogen-bond acceptors (Lipinski definition) is 3. The van der Waals surface area contributed by atoms with Gasteiger partial charge in [-0.2, -0.15) is 13.2 Å². The topological polar surface area (TPSA) is 55.4 Å². The molecule has 1 amide bonds. The first-order chi connectivity index (χ1) is 13.3. The Hall–Kier alpha value is -3.35. The van der Waals surface area contributed by atoms with Crippen LogP contribution in [0.5, 0.6) is 0 Å². The van der Waals surface area contributed by atoms with E-state index in [-0.39, 0.29) is 12.1 Å². The summed E-state index contributed by atoms with van der Waals surface area (Å²) in [7, 11) is 0. The predicted molar refractivity (Wildman–Crippen MR) is 98.7 cm³/mol. The summed E-state index contributed by atoms with van der Waals surface area (Å²) < 4.78 is 43.8. The molecule has 0 saturated carbocycles. The number of rotatable bonds is 5. The van der Waals surface area contributed by atoms with Gasteiger partial charge in [-0.05, 0) is 28.5 Å². The Morgan fingerprint density at radius 1 is 0.893 bits per heavy atom. The molecule has 1 N–H and O–H groups in total. The lowest BCUT2D eigenvalue weighted by molar-refractivity contribution is -0.146. The number of ether oxygens (including phenoxy) is 1. The molecule has 144 valence electrons. The maximum Gasteiger partial charge on any atom is 0.418 e. The molecule has 0 heterocycles. The largest absolute Gasteiger partial charge is 0.455 e. The van der Waals surface area contributed by atoms with Gasteiger partial charge in [0.05, 0.1) is 17.7 Å². The van der Waals surface area contributed by atoms with Gasteiger partial charge in [0, 0.05) is 0 Å². The number of esters is 1. The zero-order valence-corrected chi connectivity index (χ0v) is 14.6. The van der Waals surface area contributed by atoms with Crippen LogP contribution in [0.15, 0.2) is 66.7 Å². The van der Waals surface area contributed by atoms with Crippen LogP contribution in [0, 0.1) is 0 Å². The van der Waals surface area contributed by atoms with Crippen molar-refractivity contribution in [2.75, 3.05) is 11.9 Å². The van der Waals surface area contributed by atoms with E-state index in [9.17, 15) is 22.8 Å². The molecule has 3 rings (SSSR count). The zero-order chi connectivity index (χ0) is 20.1. The summed E-state index contributed by atoms with van der Waals surface area (Å²) in [6.07, 6.45) is -4.65. The fraction of sp³-hybridized carbons (Fsp3) is 0.143. The zero-order valence-electron chi connectivity index (χ0n) is 14.6. The van der Waals surface area contributed by atoms with Crippen LogP contribution in [0.3, 0.4) is 0 Å². The van der Waals surface area contributed by atoms with Gasteiger partial charge in [-0.1, -0.05) is 54.6 Å². The van der Waals surface area contributed by atoms with Gasteiger partial charge in [-0.15, -0.1) is 0 Å². The third kappa shape index (κ3) is 4.68. The number of carbonyl (C=O) groups excluding carboxylic acids is 2. The molecule has 0 saturated heterocycles. The second-order valence-electron chi connectivity index (χ2n) is 6.07. The third-order valence-electron chi connectivity index (χ3n) is 4.09. The first-order valence-corrected chi connectivity index (χ1v) is 8.43. The van der Waals surface area contributed by atoms with Crippen LogP contribution in [0.2, 0.25) is 0 Å². The van der Waals surface area contributed by atoms with E-state index >= 15 is 0 Å². The molecule has 4 nitrogen and oxygen atoms in total. The summed E-state index contributed by atoms with van der Waals surface area (Å²) in [6.45, 7) is -0.671. The average molecular weight is 387 g/mol. The van der Waals surface area contributed by atoms with Crippen molar-refractivity contribution in [3.05, 3.63) is 77.9 Å². The van der Waals surface area contributed by atoms with Crippen LogP contribution in [-0.2, 0) is 26.9 Å². The highest BCUT2D eigenvalue weighted by Gasteiger charge is 2.33. The summed E-state index contributed by atoms with van der Waals surface area (Å²) >= 11 is 0. The van der Waals surface area contributed by atoms with E-state index in [4.69, 9.17) is 4.74 Å². The summed E-state index contributed by atoms with van der Waals surface area (Å²) in [5.41, 5.74) is -0.610. The minimum absolute atomic E-state index is 0.0478. The Kier molecular flexibility index (Phi) is 5.63. The van der Waals surface area contributed by atoms with Crippen molar-refractivity contribution in [2.24, 2.45) is 0 Å². The van der Waals surface area contributed by atoms with Crippen LogP contribution >= 0.6 is 0 Å². The van der Waals surface area contributed by atoms with Crippen LogP contribution in [0.1, 0.15) is 11.1 Å². The van der Waals surface area contributed by atoms with Crippen molar-refractivity contribution in [1.82, 2.24) is 0 Å². The fourth-order valence-corrected chi connectivity index (χ4v) is 2.82. The van der Waals surface area contributed by atoms with Crippen LogP contribution < -0.4 is 5.32 Å². The Morgan fingerprint density at radius 3 is 2.36 bits per heavy atom. The van der Waals surface area contributed by atoms with E-state index in [0.29, 0.717) is 0 Å². The minimum atomic E-state index is -4.60. The van der Waals surface area contributed by atoms with E-state index in [2.05, 4.69) is 5.32 Å². The van der Waals surface area contributed by atoms with Crippen molar-refractivity contribution >= 4 is 28.3 Å². The first-order valence-electron chi connectivity index (χ1n) is 8.43. The number of nitrogens with one attached hydrogen (secondary N) is 1. The Balaban J connectivity index is 1.60. The van der Waals surface area contributed by atoms with Crippen molar-refractivity contribution < 1.29 is 27.5 Å². The number of fused-ring (bicyclic) bond motifs is 1. The smallest absolute Gasteiger partial charge is 0.418 e. The summed E-state index contributed by atoms with van der Waals surface area (Å²) in [4.78, 5) is 24.0. The highest BCUT2D eigenvalue weighted by molar-refractivity contribution is 5.94. The van der Waals surface area contributed by atoms with E-state index in [1.165, 1.54) is 12.1 Å². The van der Waals surface area contributed by atoms with Crippen molar-refractivity contribution in [2.45, 2.75) is 12.6 Å². The SMILES string of the molecule is O=C(COC(=O)Cc1cccc2ccccc12)Nc1ccccc1C(F)(F)F. The minimum Gasteiger partial charge on any atom is -0.455 e. The summed E-state index contributed by atoms with van der Waals surface area (Å²) in [5.74, 6) is -1.49. The van der Waals surface area contributed by atoms with Crippen LogP contribution in [0.25, 0.3) is 10.8 Å². The summed E-state index contributed by atoms with van der Waals surface area (Å²) in [5, 5.41) is 3.99. The first kappa shape index (κ1) is 19.4. The Bertz CT molecular complexity index is 1010. The molecule has 0 spiro atoms. The maximum atomic E-state index is 12.9. The molecule has 7 heteroatoms. The van der Waals surface area contributed by atoms with Crippen molar-refractivity contribution in [1.29, 1.82) is 0 Å². The number of amides is 1. The normalized spacial score (nSPS) is 11.2. The summed E-state index contributed by atoms with van der Waals surface area (Å²) in [6, 6.07) is 17.6. The molecule has 3 aromatic carbocycles. The van der Waals surface area contributed by atoms with Gasteiger partial charge in [0.2, 0.25) is 0 Å². The van der Waals surface area contributed by atoms with E-state index in [1.807, 2.05) is 36.4 Å². The van der Waals surface area contributed by atoms with Gasteiger partial charge in [0.25, 0.3) is 5.91 Å². The molecule has 0 aromatic heterocycles. The Labute approximate surface area is 158 Å². The van der Waals surface area contributed by atoms with E-state index in [1.54, 1.807) is 6.07 Å². The quantitative estimate of drug-likeness (QED) is 0.652. The number of anilines is 1. The van der Waals surface area contributed by atoms with Gasteiger partial charge in [-0.3, -0.25) is 9.59 Å². The number of alkyl halides is 3. The van der Waals surface area contributed by atoms with Gasteiger partial charge >= 0.3 is 12.1 Å². The molecule has 0 fully saturated rings. The number of hydrogen-bond donors (Lipinski definition) is 1. The molecule has 0 aliphatic heterocycles. The number of benzene rings is 3. The molecule has 28 heavy (non-hydrogen) atoms. The molecular weight excluding hydrogens is 371 g/mol.